The van der Waals surface area contributed by atoms with E-state index in [-0.39, 0.29) is 6.54 Å². The highest BCUT2D eigenvalue weighted by Crippen LogP contribution is 2.14. The van der Waals surface area contributed by atoms with Crippen LogP contribution in [0.3, 0.4) is 0 Å². The van der Waals surface area contributed by atoms with Gasteiger partial charge in [0.1, 0.15) is 0 Å². The number of guanidine groups is 1. The van der Waals surface area contributed by atoms with Crippen molar-refractivity contribution in [3.05, 3.63) is 0 Å². The molecular formula is C8H20N4O2S. The lowest BCUT2D eigenvalue weighted by atomic mass is 10.2. The number of hydrogen-bond donors (Lipinski definition) is 3. The molecule has 0 rings (SSSR count). The van der Waals surface area contributed by atoms with Gasteiger partial charge in [0, 0.05) is 12.8 Å². The molecule has 0 saturated carbocycles. The van der Waals surface area contributed by atoms with E-state index in [2.05, 4.69) is 15.7 Å². The Morgan fingerprint density at radius 1 is 1.47 bits per heavy atom. The van der Waals surface area contributed by atoms with Gasteiger partial charge in [0.2, 0.25) is 5.96 Å². The van der Waals surface area contributed by atoms with Gasteiger partial charge in [0.05, 0.1) is 11.3 Å². The SMILES string of the molecule is CCNC(=NCC(C)(C)S(C)(=O)=O)NN. The third-order valence-corrected chi connectivity index (χ3v) is 4.24. The summed E-state index contributed by atoms with van der Waals surface area (Å²) in [6.45, 7) is 5.99. The van der Waals surface area contributed by atoms with Crippen LogP contribution in [0.1, 0.15) is 20.8 Å². The summed E-state index contributed by atoms with van der Waals surface area (Å²) in [6.07, 6.45) is 1.20. The quantitative estimate of drug-likeness (QED) is 0.258. The smallest absolute Gasteiger partial charge is 0.205 e. The van der Waals surface area contributed by atoms with Crippen molar-refractivity contribution >= 4 is 15.8 Å². The van der Waals surface area contributed by atoms with Crippen molar-refractivity contribution < 1.29 is 8.42 Å². The molecule has 0 unspecified atom stereocenters. The molecule has 0 aliphatic rings. The topological polar surface area (TPSA) is 96.6 Å². The number of nitrogens with zero attached hydrogens (tertiary/aromatic N) is 1. The third-order valence-electron chi connectivity index (χ3n) is 2.10. The Morgan fingerprint density at radius 3 is 2.33 bits per heavy atom. The molecule has 0 amide bonds. The molecule has 0 spiro atoms. The summed E-state index contributed by atoms with van der Waals surface area (Å²) in [5.41, 5.74) is 2.37. The first-order chi connectivity index (χ1) is 6.74. The number of nitrogens with one attached hydrogen (secondary N) is 2. The molecule has 0 aromatic carbocycles. The predicted octanol–water partition coefficient (Wildman–Crippen LogP) is -0.762. The average molecular weight is 236 g/mol. The van der Waals surface area contributed by atoms with Gasteiger partial charge in [-0.15, -0.1) is 0 Å². The second-order valence-electron chi connectivity index (χ2n) is 3.87. The standard InChI is InChI=1S/C8H20N4O2S/c1-5-10-7(12-9)11-6-8(2,3)15(4,13)14/h5-6,9H2,1-4H3,(H2,10,11,12). The van der Waals surface area contributed by atoms with E-state index >= 15 is 0 Å². The molecule has 0 aliphatic heterocycles. The maximum atomic E-state index is 11.4. The fourth-order valence-electron chi connectivity index (χ4n) is 0.707. The molecule has 4 N–H and O–H groups in total. The van der Waals surface area contributed by atoms with Gasteiger partial charge in [-0.05, 0) is 20.8 Å². The van der Waals surface area contributed by atoms with Crippen molar-refractivity contribution in [3.63, 3.8) is 0 Å². The molecule has 90 valence electrons. The summed E-state index contributed by atoms with van der Waals surface area (Å²) < 4.78 is 21.9. The first kappa shape index (κ1) is 14.2. The summed E-state index contributed by atoms with van der Waals surface area (Å²) in [5, 5.41) is 2.88. The Kier molecular flexibility index (Phi) is 5.02. The molecule has 7 heteroatoms. The Hall–Kier alpha value is -0.820. The minimum Gasteiger partial charge on any atom is -0.356 e. The first-order valence-corrected chi connectivity index (χ1v) is 6.58. The van der Waals surface area contributed by atoms with Crippen LogP contribution in [-0.4, -0.2) is 38.5 Å². The second-order valence-corrected chi connectivity index (χ2v) is 6.52. The zero-order valence-electron chi connectivity index (χ0n) is 9.66. The van der Waals surface area contributed by atoms with Gasteiger partial charge in [0.15, 0.2) is 9.84 Å². The number of rotatable bonds is 4. The molecule has 6 nitrogen and oxygen atoms in total. The van der Waals surface area contributed by atoms with Crippen molar-refractivity contribution in [2.45, 2.75) is 25.5 Å². The molecule has 0 aliphatic carbocycles. The maximum absolute atomic E-state index is 11.4. The van der Waals surface area contributed by atoms with Gasteiger partial charge >= 0.3 is 0 Å². The van der Waals surface area contributed by atoms with Gasteiger partial charge in [-0.1, -0.05) is 0 Å². The van der Waals surface area contributed by atoms with Crippen LogP contribution in [0.25, 0.3) is 0 Å². The lowest BCUT2D eigenvalue weighted by Gasteiger charge is -2.20. The van der Waals surface area contributed by atoms with Crippen molar-refractivity contribution in [1.29, 1.82) is 0 Å². The second kappa shape index (κ2) is 5.32. The molecule has 15 heavy (non-hydrogen) atoms. The summed E-state index contributed by atoms with van der Waals surface area (Å²) in [4.78, 5) is 4.06. The van der Waals surface area contributed by atoms with Gasteiger partial charge in [-0.2, -0.15) is 0 Å². The number of sulfone groups is 1. The van der Waals surface area contributed by atoms with Gasteiger partial charge in [0.25, 0.3) is 0 Å². The molecule has 0 fully saturated rings. The fourth-order valence-corrected chi connectivity index (χ4v) is 1.01. The number of hydrogen-bond acceptors (Lipinski definition) is 4. The van der Waals surface area contributed by atoms with Crippen molar-refractivity contribution in [3.8, 4) is 0 Å². The minimum atomic E-state index is -3.12. The molecular weight excluding hydrogens is 216 g/mol. The summed E-state index contributed by atoms with van der Waals surface area (Å²) in [7, 11) is -3.12. The highest BCUT2D eigenvalue weighted by molar-refractivity contribution is 7.92. The Labute approximate surface area is 91.2 Å². The van der Waals surface area contributed by atoms with E-state index in [4.69, 9.17) is 5.84 Å². The monoisotopic (exact) mass is 236 g/mol. The summed E-state index contributed by atoms with van der Waals surface area (Å²) >= 11 is 0. The van der Waals surface area contributed by atoms with E-state index < -0.39 is 14.6 Å². The van der Waals surface area contributed by atoms with Crippen molar-refractivity contribution in [1.82, 2.24) is 10.7 Å². The first-order valence-electron chi connectivity index (χ1n) is 4.69. The number of nitrogens with two attached hydrogens (primary N) is 1. The molecule has 0 heterocycles. The largest absolute Gasteiger partial charge is 0.356 e. The molecule has 0 saturated heterocycles. The van der Waals surface area contributed by atoms with E-state index in [0.717, 1.165) is 0 Å². The molecule has 0 bridgehead atoms. The summed E-state index contributed by atoms with van der Waals surface area (Å²) in [6, 6.07) is 0. The fraction of sp³-hybridized carbons (Fsp3) is 0.875. The van der Waals surface area contributed by atoms with Gasteiger partial charge < -0.3 is 5.32 Å². The van der Waals surface area contributed by atoms with E-state index in [9.17, 15) is 8.42 Å². The van der Waals surface area contributed by atoms with E-state index in [1.165, 1.54) is 6.26 Å². The zero-order valence-corrected chi connectivity index (χ0v) is 10.5. The minimum absolute atomic E-state index is 0.165. The van der Waals surface area contributed by atoms with Crippen molar-refractivity contribution in [2.75, 3.05) is 19.3 Å². The lowest BCUT2D eigenvalue weighted by Crippen LogP contribution is -2.43. The zero-order chi connectivity index (χ0) is 12.1. The third kappa shape index (κ3) is 4.48. The molecule has 0 radical (unpaired) electrons. The molecule has 0 aromatic rings. The van der Waals surface area contributed by atoms with Gasteiger partial charge in [-0.25, -0.2) is 14.3 Å². The van der Waals surface area contributed by atoms with Crippen LogP contribution in [0.5, 0.6) is 0 Å². The lowest BCUT2D eigenvalue weighted by molar-refractivity contribution is 0.554. The van der Waals surface area contributed by atoms with Crippen LogP contribution >= 0.6 is 0 Å². The predicted molar refractivity (Wildman–Crippen MR) is 62.2 cm³/mol. The Bertz CT molecular complexity index is 322. The van der Waals surface area contributed by atoms with Crippen LogP contribution in [0.15, 0.2) is 4.99 Å². The highest BCUT2D eigenvalue weighted by atomic mass is 32.2. The van der Waals surface area contributed by atoms with Gasteiger partial charge in [-0.3, -0.25) is 10.4 Å². The van der Waals surface area contributed by atoms with E-state index in [1.54, 1.807) is 13.8 Å². The average Bonchev–Trinajstić information content (AvgIpc) is 2.10. The normalized spacial score (nSPS) is 13.8. The number of hydrazine groups is 1. The van der Waals surface area contributed by atoms with E-state index in [0.29, 0.717) is 12.5 Å². The van der Waals surface area contributed by atoms with E-state index in [1.807, 2.05) is 6.92 Å². The Balaban J connectivity index is 4.60. The van der Waals surface area contributed by atoms with Crippen LogP contribution < -0.4 is 16.6 Å². The van der Waals surface area contributed by atoms with Crippen LogP contribution in [0.2, 0.25) is 0 Å². The Morgan fingerprint density at radius 2 is 2.00 bits per heavy atom. The molecule has 0 atom stereocenters. The van der Waals surface area contributed by atoms with Crippen LogP contribution in [-0.2, 0) is 9.84 Å². The molecule has 0 aromatic heterocycles. The van der Waals surface area contributed by atoms with Crippen LogP contribution in [0.4, 0.5) is 0 Å². The summed E-state index contributed by atoms with van der Waals surface area (Å²) in [5.74, 6) is 5.60. The highest BCUT2D eigenvalue weighted by Gasteiger charge is 2.29. The van der Waals surface area contributed by atoms with Crippen LogP contribution in [0, 0.1) is 0 Å². The van der Waals surface area contributed by atoms with Crippen molar-refractivity contribution in [2.24, 2.45) is 10.8 Å². The number of aliphatic imine (C=N–C) groups is 1. The maximum Gasteiger partial charge on any atom is 0.205 e.